The van der Waals surface area contributed by atoms with Crippen molar-refractivity contribution in [3.63, 3.8) is 0 Å². The Morgan fingerprint density at radius 3 is 2.25 bits per heavy atom. The van der Waals surface area contributed by atoms with Crippen molar-refractivity contribution in [3.05, 3.63) is 0 Å². The predicted molar refractivity (Wildman–Crippen MR) is 90.1 cm³/mol. The van der Waals surface area contributed by atoms with Crippen LogP contribution in [0, 0.1) is 5.92 Å². The molecule has 2 aliphatic heterocycles. The number of hydrogen-bond donors (Lipinski definition) is 0. The van der Waals surface area contributed by atoms with Gasteiger partial charge in [0.15, 0.2) is 0 Å². The lowest BCUT2D eigenvalue weighted by atomic mass is 9.99. The van der Waals surface area contributed by atoms with Crippen LogP contribution in [0.25, 0.3) is 0 Å². The second-order valence-corrected chi connectivity index (χ2v) is 7.63. The molecule has 114 valence electrons. The van der Waals surface area contributed by atoms with Crippen molar-refractivity contribution in [2.75, 3.05) is 31.9 Å². The number of hydrogen-bond acceptors (Lipinski definition) is 3. The zero-order chi connectivity index (χ0) is 14.4. The maximum atomic E-state index is 12.2. The van der Waals surface area contributed by atoms with Gasteiger partial charge in [-0.2, -0.15) is 0 Å². The van der Waals surface area contributed by atoms with E-state index in [9.17, 15) is 4.79 Å². The smallest absolute Gasteiger partial charge is 0.233 e. The van der Waals surface area contributed by atoms with E-state index in [1.54, 1.807) is 11.8 Å². The minimum Gasteiger partial charge on any atom is -0.358 e. The van der Waals surface area contributed by atoms with E-state index in [1.807, 2.05) is 4.90 Å². The molecule has 0 radical (unpaired) electrons. The van der Waals surface area contributed by atoms with E-state index < -0.39 is 0 Å². The predicted octanol–water partition coefficient (Wildman–Crippen LogP) is 3.14. The maximum Gasteiger partial charge on any atom is 0.233 e. The van der Waals surface area contributed by atoms with Crippen molar-refractivity contribution in [1.82, 2.24) is 9.80 Å². The monoisotopic (exact) mass is 314 g/mol. The fraction of sp³-hybridized carbons (Fsp3) is 0.867. The lowest BCUT2D eigenvalue weighted by Crippen LogP contribution is -2.39. The molecule has 2 aliphatic rings. The number of thioether (sulfide) groups is 1. The summed E-state index contributed by atoms with van der Waals surface area (Å²) in [6.45, 7) is 6.27. The Labute approximate surface area is 132 Å². The first kappa shape index (κ1) is 16.1. The standard InChI is InChI=1S/C15H26N2OS2/c1-13-6-10-16(11-7-13)14(18)12-20-15(19)17-8-4-2-3-5-9-17/h13H,2-12H2,1H3. The van der Waals surface area contributed by atoms with E-state index in [1.165, 1.54) is 25.7 Å². The molecule has 0 saturated carbocycles. The third-order valence-corrected chi connectivity index (χ3v) is 5.83. The van der Waals surface area contributed by atoms with E-state index in [4.69, 9.17) is 12.2 Å². The molecular weight excluding hydrogens is 288 g/mol. The molecule has 1 amide bonds. The van der Waals surface area contributed by atoms with Gasteiger partial charge in [0.25, 0.3) is 0 Å². The van der Waals surface area contributed by atoms with Crippen molar-refractivity contribution >= 4 is 34.2 Å². The van der Waals surface area contributed by atoms with Crippen LogP contribution in [0.2, 0.25) is 0 Å². The number of amides is 1. The van der Waals surface area contributed by atoms with Gasteiger partial charge >= 0.3 is 0 Å². The molecule has 20 heavy (non-hydrogen) atoms. The normalized spacial score (nSPS) is 21.6. The molecule has 5 heteroatoms. The average Bonchev–Trinajstić information content (AvgIpc) is 2.74. The Hall–Kier alpha value is -0.290. The Kier molecular flexibility index (Phi) is 6.62. The first-order chi connectivity index (χ1) is 9.66. The van der Waals surface area contributed by atoms with Gasteiger partial charge in [0.1, 0.15) is 4.32 Å². The first-order valence-electron chi connectivity index (χ1n) is 7.86. The fourth-order valence-electron chi connectivity index (χ4n) is 2.82. The first-order valence-corrected chi connectivity index (χ1v) is 9.25. The van der Waals surface area contributed by atoms with E-state index >= 15 is 0 Å². The van der Waals surface area contributed by atoms with Crippen molar-refractivity contribution in [1.29, 1.82) is 0 Å². The molecule has 0 unspecified atom stereocenters. The lowest BCUT2D eigenvalue weighted by Gasteiger charge is -2.30. The topological polar surface area (TPSA) is 23.6 Å². The molecule has 2 heterocycles. The average molecular weight is 315 g/mol. The third-order valence-electron chi connectivity index (χ3n) is 4.32. The van der Waals surface area contributed by atoms with E-state index in [-0.39, 0.29) is 5.91 Å². The second kappa shape index (κ2) is 8.23. The number of likely N-dealkylation sites (tertiary alicyclic amines) is 2. The zero-order valence-corrected chi connectivity index (χ0v) is 14.1. The molecule has 0 aromatic carbocycles. The summed E-state index contributed by atoms with van der Waals surface area (Å²) < 4.78 is 0.922. The van der Waals surface area contributed by atoms with Gasteiger partial charge in [0, 0.05) is 26.2 Å². The van der Waals surface area contributed by atoms with Crippen LogP contribution in [0.15, 0.2) is 0 Å². The van der Waals surface area contributed by atoms with Gasteiger partial charge in [-0.05, 0) is 31.6 Å². The highest BCUT2D eigenvalue weighted by Gasteiger charge is 2.21. The number of piperidine rings is 1. The lowest BCUT2D eigenvalue weighted by molar-refractivity contribution is -0.129. The summed E-state index contributed by atoms with van der Waals surface area (Å²) in [7, 11) is 0. The Morgan fingerprint density at radius 2 is 1.65 bits per heavy atom. The van der Waals surface area contributed by atoms with Crippen molar-refractivity contribution < 1.29 is 4.79 Å². The highest BCUT2D eigenvalue weighted by Crippen LogP contribution is 2.19. The molecule has 0 N–H and O–H groups in total. The fourth-order valence-corrected chi connectivity index (χ4v) is 3.97. The summed E-state index contributed by atoms with van der Waals surface area (Å²) >= 11 is 7.05. The van der Waals surface area contributed by atoms with Crippen LogP contribution in [-0.2, 0) is 4.79 Å². The summed E-state index contributed by atoms with van der Waals surface area (Å²) in [4.78, 5) is 16.5. The Balaban J connectivity index is 1.70. The van der Waals surface area contributed by atoms with Crippen LogP contribution in [0.1, 0.15) is 45.4 Å². The van der Waals surface area contributed by atoms with Gasteiger partial charge in [-0.3, -0.25) is 4.79 Å². The number of carbonyl (C=O) groups is 1. The summed E-state index contributed by atoms with van der Waals surface area (Å²) in [5.41, 5.74) is 0. The molecule has 0 spiro atoms. The molecule has 2 saturated heterocycles. The van der Waals surface area contributed by atoms with Gasteiger partial charge in [-0.1, -0.05) is 43.7 Å². The summed E-state index contributed by atoms with van der Waals surface area (Å²) in [6, 6.07) is 0. The minimum atomic E-state index is 0.263. The van der Waals surface area contributed by atoms with Gasteiger partial charge in [-0.15, -0.1) is 0 Å². The van der Waals surface area contributed by atoms with Crippen LogP contribution in [-0.4, -0.2) is 52.0 Å². The zero-order valence-electron chi connectivity index (χ0n) is 12.5. The van der Waals surface area contributed by atoms with Gasteiger partial charge in [0.05, 0.1) is 5.75 Å². The maximum absolute atomic E-state index is 12.2. The van der Waals surface area contributed by atoms with Crippen LogP contribution in [0.5, 0.6) is 0 Å². The van der Waals surface area contributed by atoms with Crippen LogP contribution in [0.4, 0.5) is 0 Å². The summed E-state index contributed by atoms with van der Waals surface area (Å²) in [6.07, 6.45) is 7.39. The Bertz CT molecular complexity index is 333. The van der Waals surface area contributed by atoms with Crippen molar-refractivity contribution in [2.24, 2.45) is 5.92 Å². The number of rotatable bonds is 2. The van der Waals surface area contributed by atoms with E-state index in [0.717, 1.165) is 49.3 Å². The molecule has 2 rings (SSSR count). The largest absolute Gasteiger partial charge is 0.358 e. The quantitative estimate of drug-likeness (QED) is 0.731. The molecule has 3 nitrogen and oxygen atoms in total. The third kappa shape index (κ3) is 4.92. The van der Waals surface area contributed by atoms with Gasteiger partial charge in [-0.25, -0.2) is 0 Å². The highest BCUT2D eigenvalue weighted by molar-refractivity contribution is 8.23. The molecular formula is C15H26N2OS2. The van der Waals surface area contributed by atoms with Crippen molar-refractivity contribution in [3.8, 4) is 0 Å². The highest BCUT2D eigenvalue weighted by atomic mass is 32.2. The molecule has 0 bridgehead atoms. The molecule has 0 aromatic rings. The number of nitrogens with zero attached hydrogens (tertiary/aromatic N) is 2. The van der Waals surface area contributed by atoms with Crippen LogP contribution in [0.3, 0.4) is 0 Å². The summed E-state index contributed by atoms with van der Waals surface area (Å²) in [5, 5.41) is 0. The second-order valence-electron chi connectivity index (χ2n) is 6.02. The summed E-state index contributed by atoms with van der Waals surface area (Å²) in [5.74, 6) is 1.55. The van der Waals surface area contributed by atoms with Gasteiger partial charge < -0.3 is 9.80 Å². The molecule has 0 atom stereocenters. The molecule has 0 aromatic heterocycles. The van der Waals surface area contributed by atoms with Crippen LogP contribution >= 0.6 is 24.0 Å². The van der Waals surface area contributed by atoms with Gasteiger partial charge in [0.2, 0.25) is 5.91 Å². The van der Waals surface area contributed by atoms with E-state index in [2.05, 4.69) is 11.8 Å². The van der Waals surface area contributed by atoms with Crippen molar-refractivity contribution in [2.45, 2.75) is 45.4 Å². The van der Waals surface area contributed by atoms with Crippen LogP contribution < -0.4 is 0 Å². The molecule has 0 aliphatic carbocycles. The Morgan fingerprint density at radius 1 is 1.05 bits per heavy atom. The number of carbonyl (C=O) groups excluding carboxylic acids is 1. The SMILES string of the molecule is CC1CCN(C(=O)CSC(=S)N2CCCCCC2)CC1. The molecule has 2 fully saturated rings. The number of thiocarbonyl (C=S) groups is 1. The minimum absolute atomic E-state index is 0.263. The van der Waals surface area contributed by atoms with E-state index in [0.29, 0.717) is 5.75 Å².